The molecular weight excluding hydrogens is 238 g/mol. The Morgan fingerprint density at radius 2 is 2.21 bits per heavy atom. The van der Waals surface area contributed by atoms with Crippen LogP contribution in [0.25, 0.3) is 11.4 Å². The maximum Gasteiger partial charge on any atom is 0.228 e. The highest BCUT2D eigenvalue weighted by Gasteiger charge is 2.11. The number of nitrogens with one attached hydrogen (secondary N) is 1. The summed E-state index contributed by atoms with van der Waals surface area (Å²) in [6.45, 7) is 7.36. The van der Waals surface area contributed by atoms with Crippen molar-refractivity contribution in [3.8, 4) is 11.4 Å². The SMILES string of the molecule is CCCNC(C)Cc1nc(-c2cccc(C)c2)no1. The molecular formula is C15H21N3O. The molecule has 0 spiro atoms. The molecule has 1 atom stereocenters. The molecule has 102 valence electrons. The first-order valence-corrected chi connectivity index (χ1v) is 6.82. The summed E-state index contributed by atoms with van der Waals surface area (Å²) >= 11 is 0. The van der Waals surface area contributed by atoms with E-state index in [2.05, 4.69) is 48.4 Å². The van der Waals surface area contributed by atoms with Crippen LogP contribution in [0.15, 0.2) is 28.8 Å². The average molecular weight is 259 g/mol. The number of aromatic nitrogens is 2. The molecule has 0 bridgehead atoms. The third-order valence-corrected chi connectivity index (χ3v) is 2.97. The van der Waals surface area contributed by atoms with Gasteiger partial charge in [0.25, 0.3) is 0 Å². The Labute approximate surface area is 114 Å². The highest BCUT2D eigenvalue weighted by atomic mass is 16.5. The summed E-state index contributed by atoms with van der Waals surface area (Å²) in [6.07, 6.45) is 1.89. The van der Waals surface area contributed by atoms with E-state index >= 15 is 0 Å². The molecule has 1 heterocycles. The minimum atomic E-state index is 0.353. The van der Waals surface area contributed by atoms with Crippen molar-refractivity contribution in [3.05, 3.63) is 35.7 Å². The van der Waals surface area contributed by atoms with E-state index in [1.165, 1.54) is 5.56 Å². The fourth-order valence-corrected chi connectivity index (χ4v) is 1.96. The van der Waals surface area contributed by atoms with E-state index in [1.807, 2.05) is 12.1 Å². The number of hydrogen-bond acceptors (Lipinski definition) is 4. The molecule has 0 amide bonds. The fourth-order valence-electron chi connectivity index (χ4n) is 1.96. The molecule has 0 saturated carbocycles. The summed E-state index contributed by atoms with van der Waals surface area (Å²) in [5.41, 5.74) is 2.20. The van der Waals surface area contributed by atoms with E-state index in [0.717, 1.165) is 24.9 Å². The number of benzene rings is 1. The van der Waals surface area contributed by atoms with Crippen molar-refractivity contribution in [2.75, 3.05) is 6.54 Å². The summed E-state index contributed by atoms with van der Waals surface area (Å²) < 4.78 is 5.31. The summed E-state index contributed by atoms with van der Waals surface area (Å²) in [6, 6.07) is 8.48. The van der Waals surface area contributed by atoms with E-state index in [1.54, 1.807) is 0 Å². The van der Waals surface area contributed by atoms with E-state index in [4.69, 9.17) is 4.52 Å². The second-order valence-corrected chi connectivity index (χ2v) is 4.94. The first-order valence-electron chi connectivity index (χ1n) is 6.82. The van der Waals surface area contributed by atoms with Crippen LogP contribution >= 0.6 is 0 Å². The number of hydrogen-bond donors (Lipinski definition) is 1. The van der Waals surface area contributed by atoms with Gasteiger partial charge in [0, 0.05) is 18.0 Å². The maximum absolute atomic E-state index is 5.31. The zero-order valence-electron chi connectivity index (χ0n) is 11.8. The highest BCUT2D eigenvalue weighted by Crippen LogP contribution is 2.17. The molecule has 2 aromatic rings. The molecule has 0 fully saturated rings. The molecule has 4 nitrogen and oxygen atoms in total. The molecule has 0 saturated heterocycles. The third-order valence-electron chi connectivity index (χ3n) is 2.97. The number of rotatable bonds is 6. The van der Waals surface area contributed by atoms with Gasteiger partial charge in [-0.25, -0.2) is 0 Å². The Hall–Kier alpha value is -1.68. The molecule has 19 heavy (non-hydrogen) atoms. The van der Waals surface area contributed by atoms with Crippen molar-refractivity contribution < 1.29 is 4.52 Å². The predicted octanol–water partition coefficient (Wildman–Crippen LogP) is 2.98. The summed E-state index contributed by atoms with van der Waals surface area (Å²) in [5, 5.41) is 7.46. The normalized spacial score (nSPS) is 12.6. The van der Waals surface area contributed by atoms with Crippen LogP contribution in [-0.2, 0) is 6.42 Å². The Bertz CT molecular complexity index is 522. The van der Waals surface area contributed by atoms with Gasteiger partial charge in [0.1, 0.15) is 0 Å². The van der Waals surface area contributed by atoms with Gasteiger partial charge in [0.05, 0.1) is 0 Å². The molecule has 1 N–H and O–H groups in total. The Balaban J connectivity index is 2.03. The zero-order chi connectivity index (χ0) is 13.7. The lowest BCUT2D eigenvalue weighted by atomic mass is 10.1. The van der Waals surface area contributed by atoms with E-state index in [9.17, 15) is 0 Å². The van der Waals surface area contributed by atoms with Crippen molar-refractivity contribution >= 4 is 0 Å². The van der Waals surface area contributed by atoms with Crippen molar-refractivity contribution in [2.45, 2.75) is 39.7 Å². The lowest BCUT2D eigenvalue weighted by Crippen LogP contribution is -2.28. The van der Waals surface area contributed by atoms with E-state index in [-0.39, 0.29) is 0 Å². The monoisotopic (exact) mass is 259 g/mol. The fraction of sp³-hybridized carbons (Fsp3) is 0.467. The molecule has 1 aromatic carbocycles. The zero-order valence-corrected chi connectivity index (χ0v) is 11.8. The lowest BCUT2D eigenvalue weighted by Gasteiger charge is -2.09. The standard InChI is InChI=1S/C15H21N3O/c1-4-8-16-12(3)10-14-17-15(18-19-14)13-7-5-6-11(2)9-13/h5-7,9,12,16H,4,8,10H2,1-3H3. The predicted molar refractivity (Wildman–Crippen MR) is 75.9 cm³/mol. The van der Waals surface area contributed by atoms with Crippen molar-refractivity contribution in [3.63, 3.8) is 0 Å². The molecule has 0 aliphatic heterocycles. The van der Waals surface area contributed by atoms with Crippen LogP contribution in [0.2, 0.25) is 0 Å². The second-order valence-electron chi connectivity index (χ2n) is 4.94. The van der Waals surface area contributed by atoms with Crippen LogP contribution in [0.3, 0.4) is 0 Å². The minimum Gasteiger partial charge on any atom is -0.339 e. The van der Waals surface area contributed by atoms with Gasteiger partial charge in [-0.05, 0) is 32.9 Å². The van der Waals surface area contributed by atoms with E-state index < -0.39 is 0 Å². The molecule has 0 aliphatic carbocycles. The van der Waals surface area contributed by atoms with Gasteiger partial charge in [-0.1, -0.05) is 35.8 Å². The van der Waals surface area contributed by atoms with Crippen LogP contribution < -0.4 is 5.32 Å². The molecule has 2 rings (SSSR count). The average Bonchev–Trinajstić information content (AvgIpc) is 2.85. The van der Waals surface area contributed by atoms with Crippen molar-refractivity contribution in [2.24, 2.45) is 0 Å². The van der Waals surface area contributed by atoms with Gasteiger partial charge >= 0.3 is 0 Å². The Morgan fingerprint density at radius 1 is 1.37 bits per heavy atom. The molecule has 0 radical (unpaired) electrons. The van der Waals surface area contributed by atoms with Crippen molar-refractivity contribution in [1.82, 2.24) is 15.5 Å². The summed E-state index contributed by atoms with van der Waals surface area (Å²) in [7, 11) is 0. The van der Waals surface area contributed by atoms with Gasteiger partial charge in [-0.15, -0.1) is 0 Å². The van der Waals surface area contributed by atoms with Gasteiger partial charge in [-0.2, -0.15) is 4.98 Å². The highest BCUT2D eigenvalue weighted by molar-refractivity contribution is 5.55. The second kappa shape index (κ2) is 6.48. The topological polar surface area (TPSA) is 51.0 Å². The lowest BCUT2D eigenvalue weighted by molar-refractivity contribution is 0.362. The third kappa shape index (κ3) is 3.89. The Morgan fingerprint density at radius 3 is 2.95 bits per heavy atom. The molecule has 0 aliphatic rings. The van der Waals surface area contributed by atoms with E-state index in [0.29, 0.717) is 17.8 Å². The number of nitrogens with zero attached hydrogens (tertiary/aromatic N) is 2. The van der Waals surface area contributed by atoms with Crippen LogP contribution in [0.1, 0.15) is 31.7 Å². The van der Waals surface area contributed by atoms with Gasteiger partial charge in [0.2, 0.25) is 11.7 Å². The van der Waals surface area contributed by atoms with Gasteiger partial charge in [-0.3, -0.25) is 0 Å². The molecule has 4 heteroatoms. The van der Waals surface area contributed by atoms with Crippen molar-refractivity contribution in [1.29, 1.82) is 0 Å². The summed E-state index contributed by atoms with van der Waals surface area (Å²) in [5.74, 6) is 1.36. The number of aryl methyl sites for hydroxylation is 1. The first kappa shape index (κ1) is 13.7. The van der Waals surface area contributed by atoms with Crippen LogP contribution in [0.5, 0.6) is 0 Å². The van der Waals surface area contributed by atoms with Crippen LogP contribution in [0, 0.1) is 6.92 Å². The largest absolute Gasteiger partial charge is 0.339 e. The van der Waals surface area contributed by atoms with Gasteiger partial charge < -0.3 is 9.84 Å². The first-order chi connectivity index (χ1) is 9.19. The van der Waals surface area contributed by atoms with Gasteiger partial charge in [0.15, 0.2) is 0 Å². The quantitative estimate of drug-likeness (QED) is 0.866. The van der Waals surface area contributed by atoms with Crippen LogP contribution in [0.4, 0.5) is 0 Å². The maximum atomic E-state index is 5.31. The molecule has 1 aromatic heterocycles. The minimum absolute atomic E-state index is 0.353. The Kier molecular flexibility index (Phi) is 4.68. The molecule has 1 unspecified atom stereocenters. The summed E-state index contributed by atoms with van der Waals surface area (Å²) in [4.78, 5) is 4.45. The van der Waals surface area contributed by atoms with Crippen LogP contribution in [-0.4, -0.2) is 22.7 Å². The smallest absolute Gasteiger partial charge is 0.228 e.